The summed E-state index contributed by atoms with van der Waals surface area (Å²) in [5.41, 5.74) is -0.386. The number of aliphatic hydroxyl groups excluding tert-OH is 1. The fourth-order valence-corrected chi connectivity index (χ4v) is 2.84. The second-order valence-electron chi connectivity index (χ2n) is 4.58. The van der Waals surface area contributed by atoms with Gasteiger partial charge in [-0.2, -0.15) is 0 Å². The lowest BCUT2D eigenvalue weighted by molar-refractivity contribution is 0.208. The van der Waals surface area contributed by atoms with Crippen LogP contribution in [0.25, 0.3) is 0 Å². The maximum absolute atomic E-state index is 13.5. The van der Waals surface area contributed by atoms with Crippen molar-refractivity contribution in [3.05, 3.63) is 29.6 Å². The average molecular weight is 261 g/mol. The predicted molar refractivity (Wildman–Crippen MR) is 62.6 cm³/mol. The summed E-state index contributed by atoms with van der Waals surface area (Å²) in [5.74, 6) is -0.808. The van der Waals surface area contributed by atoms with Crippen LogP contribution in [0.15, 0.2) is 23.1 Å². The first-order valence-corrected chi connectivity index (χ1v) is 6.57. The third kappa shape index (κ3) is 3.49. The fraction of sp³-hybridized carbons (Fsp3) is 0.455. The first kappa shape index (κ1) is 14.1. The Morgan fingerprint density at radius 3 is 2.53 bits per heavy atom. The van der Waals surface area contributed by atoms with E-state index >= 15 is 0 Å². The van der Waals surface area contributed by atoms with Crippen molar-refractivity contribution in [1.29, 1.82) is 0 Å². The zero-order valence-corrected chi connectivity index (χ0v) is 10.8. The Labute approximate surface area is 101 Å². The Kier molecular flexibility index (Phi) is 3.91. The largest absolute Gasteiger partial charge is 0.394 e. The molecule has 0 bridgehead atoms. The Bertz CT molecular complexity index is 511. The highest BCUT2D eigenvalue weighted by Gasteiger charge is 2.27. The second-order valence-corrected chi connectivity index (χ2v) is 6.23. The highest BCUT2D eigenvalue weighted by atomic mass is 32.2. The Morgan fingerprint density at radius 1 is 1.41 bits per heavy atom. The van der Waals surface area contributed by atoms with Crippen LogP contribution in [0.2, 0.25) is 0 Å². The summed E-state index contributed by atoms with van der Waals surface area (Å²) in [6.45, 7) is 4.33. The van der Waals surface area contributed by atoms with E-state index in [9.17, 15) is 12.8 Å². The Hall–Kier alpha value is -0.980. The number of aryl methyl sites for hydroxylation is 1. The third-order valence-corrected chi connectivity index (χ3v) is 3.90. The van der Waals surface area contributed by atoms with Crippen LogP contribution < -0.4 is 4.72 Å². The fourth-order valence-electron chi connectivity index (χ4n) is 1.27. The standard InChI is InChI=1S/C11H16FNO3S/c1-8-4-5-9(12)10(6-8)17(15,16)13-11(2,3)7-14/h4-6,13-14H,7H2,1-3H3. The zero-order chi connectivity index (χ0) is 13.3. The quantitative estimate of drug-likeness (QED) is 0.855. The van der Waals surface area contributed by atoms with Gasteiger partial charge in [0.1, 0.15) is 10.7 Å². The first-order valence-electron chi connectivity index (χ1n) is 5.09. The molecule has 0 aliphatic rings. The van der Waals surface area contributed by atoms with Crippen LogP contribution in [0.4, 0.5) is 4.39 Å². The molecule has 6 heteroatoms. The van der Waals surface area contributed by atoms with Gasteiger partial charge < -0.3 is 5.11 Å². The first-order chi connectivity index (χ1) is 7.68. The van der Waals surface area contributed by atoms with Crippen LogP contribution in [0.1, 0.15) is 19.4 Å². The molecular weight excluding hydrogens is 245 g/mol. The molecule has 1 rings (SSSR count). The third-order valence-electron chi connectivity index (χ3n) is 2.18. The highest BCUT2D eigenvalue weighted by Crippen LogP contribution is 2.18. The molecule has 96 valence electrons. The van der Waals surface area contributed by atoms with Crippen LogP contribution in [0, 0.1) is 12.7 Å². The number of aliphatic hydroxyl groups is 1. The molecule has 1 aromatic rings. The molecule has 0 aliphatic carbocycles. The normalized spacial score (nSPS) is 12.8. The number of halogens is 1. The number of sulfonamides is 1. The molecule has 0 saturated carbocycles. The molecule has 0 unspecified atom stereocenters. The zero-order valence-electron chi connectivity index (χ0n) is 9.99. The van der Waals surface area contributed by atoms with E-state index in [2.05, 4.69) is 4.72 Å². The van der Waals surface area contributed by atoms with E-state index in [1.165, 1.54) is 26.0 Å². The van der Waals surface area contributed by atoms with Crippen molar-refractivity contribution >= 4 is 10.0 Å². The van der Waals surface area contributed by atoms with E-state index in [0.717, 1.165) is 6.07 Å². The molecule has 1 aromatic carbocycles. The molecule has 0 saturated heterocycles. The number of rotatable bonds is 4. The molecule has 0 aromatic heterocycles. The van der Waals surface area contributed by atoms with E-state index in [1.807, 2.05) is 0 Å². The molecule has 0 radical (unpaired) electrons. The molecule has 2 N–H and O–H groups in total. The minimum absolute atomic E-state index is 0.375. The van der Waals surface area contributed by atoms with Gasteiger partial charge in [-0.3, -0.25) is 0 Å². The van der Waals surface area contributed by atoms with Gasteiger partial charge in [-0.1, -0.05) is 6.07 Å². The number of benzene rings is 1. The maximum Gasteiger partial charge on any atom is 0.244 e. The molecular formula is C11H16FNO3S. The summed E-state index contributed by atoms with van der Waals surface area (Å²) >= 11 is 0. The Morgan fingerprint density at radius 2 is 2.00 bits per heavy atom. The topological polar surface area (TPSA) is 66.4 Å². The highest BCUT2D eigenvalue weighted by molar-refractivity contribution is 7.89. The summed E-state index contributed by atoms with van der Waals surface area (Å²) in [6.07, 6.45) is 0. The van der Waals surface area contributed by atoms with Gasteiger partial charge >= 0.3 is 0 Å². The molecule has 0 heterocycles. The molecule has 17 heavy (non-hydrogen) atoms. The summed E-state index contributed by atoms with van der Waals surface area (Å²) in [6, 6.07) is 3.85. The van der Waals surface area contributed by atoms with Crippen molar-refractivity contribution in [1.82, 2.24) is 4.72 Å². The van der Waals surface area contributed by atoms with Gasteiger partial charge in [0.15, 0.2) is 0 Å². The van der Waals surface area contributed by atoms with Crippen molar-refractivity contribution in [3.63, 3.8) is 0 Å². The van der Waals surface area contributed by atoms with Gasteiger partial charge in [0.2, 0.25) is 10.0 Å². The van der Waals surface area contributed by atoms with Crippen molar-refractivity contribution in [2.75, 3.05) is 6.61 Å². The van der Waals surface area contributed by atoms with Crippen LogP contribution in [0.5, 0.6) is 0 Å². The summed E-state index contributed by atoms with van der Waals surface area (Å²) in [5, 5.41) is 9.01. The molecule has 0 aliphatic heterocycles. The number of hydrogen-bond acceptors (Lipinski definition) is 3. The van der Waals surface area contributed by atoms with Crippen LogP contribution in [-0.2, 0) is 10.0 Å². The summed E-state index contributed by atoms with van der Waals surface area (Å²) in [7, 11) is -3.97. The Balaban J connectivity index is 3.18. The SMILES string of the molecule is Cc1ccc(F)c(S(=O)(=O)NC(C)(C)CO)c1. The van der Waals surface area contributed by atoms with Crippen LogP contribution in [-0.4, -0.2) is 25.7 Å². The molecule has 0 spiro atoms. The van der Waals surface area contributed by atoms with E-state index < -0.39 is 26.3 Å². The second kappa shape index (κ2) is 4.72. The van der Waals surface area contributed by atoms with Crippen molar-refractivity contribution in [3.8, 4) is 0 Å². The van der Waals surface area contributed by atoms with E-state index in [4.69, 9.17) is 5.11 Å². The lowest BCUT2D eigenvalue weighted by Gasteiger charge is -2.23. The van der Waals surface area contributed by atoms with Crippen molar-refractivity contribution in [2.45, 2.75) is 31.2 Å². The van der Waals surface area contributed by atoms with E-state index in [1.54, 1.807) is 6.92 Å². The van der Waals surface area contributed by atoms with E-state index in [0.29, 0.717) is 5.56 Å². The van der Waals surface area contributed by atoms with Gasteiger partial charge in [0.25, 0.3) is 0 Å². The predicted octanol–water partition coefficient (Wildman–Crippen LogP) is 1.18. The molecule has 0 fully saturated rings. The van der Waals surface area contributed by atoms with Gasteiger partial charge in [-0.25, -0.2) is 17.5 Å². The van der Waals surface area contributed by atoms with Crippen LogP contribution in [0.3, 0.4) is 0 Å². The monoisotopic (exact) mass is 261 g/mol. The number of hydrogen-bond donors (Lipinski definition) is 2. The summed E-state index contributed by atoms with van der Waals surface area (Å²) in [4.78, 5) is -0.404. The van der Waals surface area contributed by atoms with Gasteiger partial charge in [0, 0.05) is 0 Å². The van der Waals surface area contributed by atoms with Gasteiger partial charge in [0.05, 0.1) is 12.1 Å². The average Bonchev–Trinajstić information content (AvgIpc) is 2.20. The summed E-state index contributed by atoms with van der Waals surface area (Å²) < 4.78 is 39.5. The molecule has 4 nitrogen and oxygen atoms in total. The smallest absolute Gasteiger partial charge is 0.244 e. The van der Waals surface area contributed by atoms with Crippen molar-refractivity contribution in [2.24, 2.45) is 0 Å². The van der Waals surface area contributed by atoms with Crippen molar-refractivity contribution < 1.29 is 17.9 Å². The van der Waals surface area contributed by atoms with Gasteiger partial charge in [-0.05, 0) is 38.5 Å². The minimum Gasteiger partial charge on any atom is -0.394 e. The molecule has 0 amide bonds. The minimum atomic E-state index is -3.97. The lowest BCUT2D eigenvalue weighted by Crippen LogP contribution is -2.46. The maximum atomic E-state index is 13.5. The lowest BCUT2D eigenvalue weighted by atomic mass is 10.1. The van der Waals surface area contributed by atoms with E-state index in [-0.39, 0.29) is 6.61 Å². The molecule has 0 atom stereocenters. The van der Waals surface area contributed by atoms with Gasteiger partial charge in [-0.15, -0.1) is 0 Å². The number of nitrogens with one attached hydrogen (secondary N) is 1. The van der Waals surface area contributed by atoms with Crippen LogP contribution >= 0.6 is 0 Å².